The molecule has 0 aliphatic carbocycles. The molecule has 4 rings (SSSR count). The highest BCUT2D eigenvalue weighted by Crippen LogP contribution is 2.42. The predicted octanol–water partition coefficient (Wildman–Crippen LogP) is 2.86. The van der Waals surface area contributed by atoms with E-state index >= 15 is 0 Å². The van der Waals surface area contributed by atoms with E-state index in [2.05, 4.69) is 41.2 Å². The lowest BCUT2D eigenvalue weighted by Crippen LogP contribution is -2.49. The fourth-order valence-corrected chi connectivity index (χ4v) is 4.86. The number of benzene rings is 1. The molecule has 0 spiro atoms. The number of hydrogen-bond donors (Lipinski definition) is 0. The molecule has 0 N–H and O–H groups in total. The molecule has 3 heterocycles. The summed E-state index contributed by atoms with van der Waals surface area (Å²) in [7, 11) is 1.95. The van der Waals surface area contributed by atoms with E-state index in [-0.39, 0.29) is 5.91 Å². The molecule has 2 aliphatic heterocycles. The SMILES string of the molecule is CCCN1CCN(C(=O)c2nn(C)c3c2CSc2ccccc2-3)CC1. The van der Waals surface area contributed by atoms with Crippen LogP contribution in [0.2, 0.25) is 0 Å². The van der Waals surface area contributed by atoms with Crippen molar-refractivity contribution >= 4 is 17.7 Å². The third-order valence-corrected chi connectivity index (χ3v) is 6.16. The largest absolute Gasteiger partial charge is 0.335 e. The van der Waals surface area contributed by atoms with Crippen LogP contribution in [0.4, 0.5) is 0 Å². The van der Waals surface area contributed by atoms with E-state index in [0.717, 1.165) is 49.7 Å². The van der Waals surface area contributed by atoms with E-state index < -0.39 is 0 Å². The second kappa shape index (κ2) is 6.84. The number of piperazine rings is 1. The highest BCUT2D eigenvalue weighted by molar-refractivity contribution is 7.98. The number of carbonyl (C=O) groups is 1. The Hall–Kier alpha value is -1.79. The van der Waals surface area contributed by atoms with Gasteiger partial charge in [-0.1, -0.05) is 25.1 Å². The van der Waals surface area contributed by atoms with Crippen LogP contribution in [0.5, 0.6) is 0 Å². The predicted molar refractivity (Wildman–Crippen MR) is 101 cm³/mol. The summed E-state index contributed by atoms with van der Waals surface area (Å²) in [4.78, 5) is 18.8. The molecule has 1 aromatic carbocycles. The van der Waals surface area contributed by atoms with Crippen molar-refractivity contribution in [2.45, 2.75) is 24.0 Å². The van der Waals surface area contributed by atoms with E-state index in [1.54, 1.807) is 11.8 Å². The summed E-state index contributed by atoms with van der Waals surface area (Å²) in [6.07, 6.45) is 1.17. The number of aromatic nitrogens is 2. The highest BCUT2D eigenvalue weighted by atomic mass is 32.2. The van der Waals surface area contributed by atoms with Crippen LogP contribution >= 0.6 is 11.8 Å². The Balaban J connectivity index is 1.60. The summed E-state index contributed by atoms with van der Waals surface area (Å²) in [6, 6.07) is 8.38. The first-order valence-electron chi connectivity index (χ1n) is 8.98. The number of nitrogens with zero attached hydrogens (tertiary/aromatic N) is 4. The third kappa shape index (κ3) is 2.98. The van der Waals surface area contributed by atoms with Crippen molar-refractivity contribution in [1.82, 2.24) is 19.6 Å². The molecule has 1 fully saturated rings. The average molecular weight is 356 g/mol. The summed E-state index contributed by atoms with van der Waals surface area (Å²) in [5.41, 5.74) is 4.02. The fraction of sp³-hybridized carbons (Fsp3) is 0.474. The number of amides is 1. The first kappa shape index (κ1) is 16.7. The van der Waals surface area contributed by atoms with Crippen molar-refractivity contribution in [3.05, 3.63) is 35.5 Å². The molecule has 2 aromatic rings. The Kier molecular flexibility index (Phi) is 4.56. The molecule has 25 heavy (non-hydrogen) atoms. The van der Waals surface area contributed by atoms with Gasteiger partial charge in [0.05, 0.1) is 5.69 Å². The molecule has 0 saturated carbocycles. The topological polar surface area (TPSA) is 41.4 Å². The van der Waals surface area contributed by atoms with Crippen molar-refractivity contribution < 1.29 is 4.79 Å². The first-order chi connectivity index (χ1) is 12.2. The molecule has 0 atom stereocenters. The van der Waals surface area contributed by atoms with E-state index in [1.807, 2.05) is 16.6 Å². The van der Waals surface area contributed by atoms with Gasteiger partial charge in [0.15, 0.2) is 5.69 Å². The first-order valence-corrected chi connectivity index (χ1v) is 9.97. The maximum absolute atomic E-state index is 13.1. The molecule has 132 valence electrons. The molecule has 0 radical (unpaired) electrons. The van der Waals surface area contributed by atoms with Crippen LogP contribution in [0.3, 0.4) is 0 Å². The number of fused-ring (bicyclic) bond motifs is 3. The zero-order valence-electron chi connectivity index (χ0n) is 14.9. The average Bonchev–Trinajstić information content (AvgIpc) is 2.99. The highest BCUT2D eigenvalue weighted by Gasteiger charge is 2.31. The molecule has 5 nitrogen and oxygen atoms in total. The van der Waals surface area contributed by atoms with Gasteiger partial charge in [-0.2, -0.15) is 5.10 Å². The fourth-order valence-electron chi connectivity index (χ4n) is 3.79. The van der Waals surface area contributed by atoms with E-state index in [4.69, 9.17) is 0 Å². The van der Waals surface area contributed by atoms with Crippen molar-refractivity contribution in [2.75, 3.05) is 32.7 Å². The van der Waals surface area contributed by atoms with Crippen LogP contribution in [0.15, 0.2) is 29.2 Å². The van der Waals surface area contributed by atoms with Gasteiger partial charge < -0.3 is 4.90 Å². The van der Waals surface area contributed by atoms with Gasteiger partial charge in [0.25, 0.3) is 5.91 Å². The van der Waals surface area contributed by atoms with E-state index in [0.29, 0.717) is 5.69 Å². The molecule has 1 amide bonds. The second-order valence-electron chi connectivity index (χ2n) is 6.72. The van der Waals surface area contributed by atoms with Gasteiger partial charge in [-0.3, -0.25) is 14.4 Å². The van der Waals surface area contributed by atoms with E-state index in [1.165, 1.54) is 16.9 Å². The van der Waals surface area contributed by atoms with Gasteiger partial charge in [-0.05, 0) is 19.0 Å². The molecular weight excluding hydrogens is 332 g/mol. The Morgan fingerprint density at radius 1 is 1.20 bits per heavy atom. The Morgan fingerprint density at radius 3 is 2.72 bits per heavy atom. The second-order valence-corrected chi connectivity index (χ2v) is 7.74. The van der Waals surface area contributed by atoms with Crippen LogP contribution in [-0.4, -0.2) is 58.2 Å². The molecule has 2 aliphatic rings. The van der Waals surface area contributed by atoms with Gasteiger partial charge >= 0.3 is 0 Å². The molecule has 1 saturated heterocycles. The third-order valence-electron chi connectivity index (χ3n) is 5.06. The Labute approximate surface area is 153 Å². The lowest BCUT2D eigenvalue weighted by molar-refractivity contribution is 0.0630. The summed E-state index contributed by atoms with van der Waals surface area (Å²) in [5.74, 6) is 0.907. The summed E-state index contributed by atoms with van der Waals surface area (Å²) in [5, 5.41) is 4.62. The maximum Gasteiger partial charge on any atom is 0.274 e. The summed E-state index contributed by atoms with van der Waals surface area (Å²) >= 11 is 1.80. The van der Waals surface area contributed by atoms with Gasteiger partial charge in [0.1, 0.15) is 0 Å². The molecule has 6 heteroatoms. The van der Waals surface area contributed by atoms with Crippen LogP contribution in [0.25, 0.3) is 11.3 Å². The van der Waals surface area contributed by atoms with Gasteiger partial charge in [0.2, 0.25) is 0 Å². The monoisotopic (exact) mass is 356 g/mol. The van der Waals surface area contributed by atoms with Crippen LogP contribution in [-0.2, 0) is 12.8 Å². The van der Waals surface area contributed by atoms with Crippen molar-refractivity contribution in [1.29, 1.82) is 0 Å². The van der Waals surface area contributed by atoms with Crippen molar-refractivity contribution in [3.8, 4) is 11.3 Å². The lowest BCUT2D eigenvalue weighted by Gasteiger charge is -2.34. The normalized spacial score (nSPS) is 17.3. The number of carbonyl (C=O) groups excluding carboxylic acids is 1. The van der Waals surface area contributed by atoms with Crippen molar-refractivity contribution in [3.63, 3.8) is 0 Å². The zero-order chi connectivity index (χ0) is 17.4. The summed E-state index contributed by atoms with van der Waals surface area (Å²) < 4.78 is 1.88. The number of aryl methyl sites for hydroxylation is 1. The summed E-state index contributed by atoms with van der Waals surface area (Å²) in [6.45, 7) is 6.85. The van der Waals surface area contributed by atoms with Gasteiger partial charge in [-0.25, -0.2) is 0 Å². The molecule has 0 unspecified atom stereocenters. The standard InChI is InChI=1S/C19H24N4OS/c1-3-8-22-9-11-23(12-10-22)19(24)17-15-13-25-16-7-5-4-6-14(16)18(15)21(2)20-17/h4-7H,3,8-13H2,1-2H3. The van der Waals surface area contributed by atoms with Gasteiger partial charge in [-0.15, -0.1) is 11.8 Å². The van der Waals surface area contributed by atoms with Crippen LogP contribution in [0.1, 0.15) is 29.4 Å². The number of hydrogen-bond acceptors (Lipinski definition) is 4. The van der Waals surface area contributed by atoms with Gasteiger partial charge in [0, 0.05) is 55.0 Å². The molecule has 1 aromatic heterocycles. The maximum atomic E-state index is 13.1. The smallest absolute Gasteiger partial charge is 0.274 e. The molecule has 0 bridgehead atoms. The van der Waals surface area contributed by atoms with Crippen LogP contribution < -0.4 is 0 Å². The van der Waals surface area contributed by atoms with Crippen LogP contribution in [0, 0.1) is 0 Å². The molecular formula is C19H24N4OS. The lowest BCUT2D eigenvalue weighted by atomic mass is 10.1. The Morgan fingerprint density at radius 2 is 1.96 bits per heavy atom. The Bertz CT molecular complexity index is 793. The minimum Gasteiger partial charge on any atom is -0.335 e. The van der Waals surface area contributed by atoms with E-state index in [9.17, 15) is 4.79 Å². The minimum absolute atomic E-state index is 0.0907. The quantitative estimate of drug-likeness (QED) is 0.848. The number of rotatable bonds is 3. The van der Waals surface area contributed by atoms with Crippen molar-refractivity contribution in [2.24, 2.45) is 7.05 Å². The zero-order valence-corrected chi connectivity index (χ0v) is 15.7. The number of thioether (sulfide) groups is 1. The minimum atomic E-state index is 0.0907.